The first kappa shape index (κ1) is 13.8. The van der Waals surface area contributed by atoms with E-state index in [-0.39, 0.29) is 11.9 Å². The summed E-state index contributed by atoms with van der Waals surface area (Å²) in [5, 5.41) is 0.594. The lowest BCUT2D eigenvalue weighted by Crippen LogP contribution is -2.39. The van der Waals surface area contributed by atoms with E-state index < -0.39 is 0 Å². The molecule has 2 rings (SSSR count). The Balaban J connectivity index is 1.93. The van der Waals surface area contributed by atoms with Crippen molar-refractivity contribution in [3.63, 3.8) is 0 Å². The predicted molar refractivity (Wildman–Crippen MR) is 73.1 cm³/mol. The van der Waals surface area contributed by atoms with Crippen LogP contribution < -0.4 is 5.73 Å². The normalized spacial score (nSPS) is 20.0. The molecule has 0 saturated carbocycles. The molecule has 2 N–H and O–H groups in total. The van der Waals surface area contributed by atoms with Gasteiger partial charge in [-0.3, -0.25) is 4.90 Å². The molecule has 1 atom stereocenters. The molecule has 1 unspecified atom stereocenters. The molecule has 100 valence electrons. The van der Waals surface area contributed by atoms with Crippen molar-refractivity contribution in [2.45, 2.75) is 32.4 Å². The Hall–Kier alpha value is -0.640. The van der Waals surface area contributed by atoms with Gasteiger partial charge in [0.2, 0.25) is 0 Å². The van der Waals surface area contributed by atoms with Gasteiger partial charge in [0, 0.05) is 23.2 Å². The maximum atomic E-state index is 13.6. The van der Waals surface area contributed by atoms with Crippen LogP contribution in [0.2, 0.25) is 5.02 Å². The minimum Gasteiger partial charge on any atom is -0.328 e. The lowest BCUT2D eigenvalue weighted by atomic mass is 9.91. The topological polar surface area (TPSA) is 29.3 Å². The molecule has 1 aliphatic heterocycles. The Morgan fingerprint density at radius 2 is 2.11 bits per heavy atom. The van der Waals surface area contributed by atoms with Crippen LogP contribution >= 0.6 is 11.6 Å². The van der Waals surface area contributed by atoms with Gasteiger partial charge in [-0.15, -0.1) is 0 Å². The summed E-state index contributed by atoms with van der Waals surface area (Å²) in [5.74, 6) is 0.430. The molecule has 1 heterocycles. The Bertz CT molecular complexity index is 401. The molecule has 1 aromatic rings. The average Bonchev–Trinajstić information content (AvgIpc) is 2.34. The number of likely N-dealkylation sites (tertiary alicyclic amines) is 1. The third-order valence-electron chi connectivity index (χ3n) is 3.78. The molecule has 0 amide bonds. The van der Waals surface area contributed by atoms with Crippen LogP contribution in [0.5, 0.6) is 0 Å². The molecule has 1 saturated heterocycles. The van der Waals surface area contributed by atoms with Gasteiger partial charge in [0.15, 0.2) is 0 Å². The molecule has 4 heteroatoms. The number of nitrogens with two attached hydrogens (primary N) is 1. The Kier molecular flexibility index (Phi) is 4.60. The van der Waals surface area contributed by atoms with Gasteiger partial charge in [-0.05, 0) is 57.0 Å². The Morgan fingerprint density at radius 1 is 1.44 bits per heavy atom. The number of hydrogen-bond acceptors (Lipinski definition) is 2. The molecule has 0 radical (unpaired) electrons. The maximum Gasteiger partial charge on any atom is 0.127 e. The van der Waals surface area contributed by atoms with Crippen molar-refractivity contribution < 1.29 is 4.39 Å². The molecule has 1 aromatic carbocycles. The van der Waals surface area contributed by atoms with E-state index in [1.165, 1.54) is 6.07 Å². The fourth-order valence-electron chi connectivity index (χ4n) is 2.54. The summed E-state index contributed by atoms with van der Waals surface area (Å²) < 4.78 is 13.6. The number of nitrogens with zero attached hydrogens (tertiary/aromatic N) is 1. The summed E-state index contributed by atoms with van der Waals surface area (Å²) in [7, 11) is 0. The predicted octanol–water partition coefficient (Wildman–Crippen LogP) is 3.04. The summed E-state index contributed by atoms with van der Waals surface area (Å²) in [6.07, 6.45) is 2.19. The van der Waals surface area contributed by atoms with E-state index in [1.54, 1.807) is 12.1 Å². The first-order chi connectivity index (χ1) is 8.56. The first-order valence-corrected chi connectivity index (χ1v) is 6.86. The molecule has 0 aromatic heterocycles. The van der Waals surface area contributed by atoms with Crippen molar-refractivity contribution in [2.24, 2.45) is 11.7 Å². The van der Waals surface area contributed by atoms with Crippen LogP contribution in [0.15, 0.2) is 18.2 Å². The number of benzene rings is 1. The van der Waals surface area contributed by atoms with Gasteiger partial charge in [0.25, 0.3) is 0 Å². The molecule has 0 bridgehead atoms. The summed E-state index contributed by atoms with van der Waals surface area (Å²) in [6.45, 7) is 4.67. The maximum absolute atomic E-state index is 13.6. The van der Waals surface area contributed by atoms with Crippen molar-refractivity contribution in [1.29, 1.82) is 0 Å². The van der Waals surface area contributed by atoms with Gasteiger partial charge < -0.3 is 5.73 Å². The zero-order valence-electron chi connectivity index (χ0n) is 10.7. The molecule has 18 heavy (non-hydrogen) atoms. The van der Waals surface area contributed by atoms with E-state index in [9.17, 15) is 4.39 Å². The molecule has 2 nitrogen and oxygen atoms in total. The molecule has 0 aliphatic carbocycles. The molecule has 1 fully saturated rings. The largest absolute Gasteiger partial charge is 0.328 e. The zero-order chi connectivity index (χ0) is 13.1. The minimum atomic E-state index is -0.172. The quantitative estimate of drug-likeness (QED) is 0.915. The van der Waals surface area contributed by atoms with Crippen LogP contribution in [0.25, 0.3) is 0 Å². The van der Waals surface area contributed by atoms with Gasteiger partial charge in [-0.1, -0.05) is 11.6 Å². The Labute approximate surface area is 113 Å². The van der Waals surface area contributed by atoms with Crippen molar-refractivity contribution in [3.8, 4) is 0 Å². The van der Waals surface area contributed by atoms with Gasteiger partial charge in [-0.25, -0.2) is 4.39 Å². The monoisotopic (exact) mass is 270 g/mol. The fraction of sp³-hybridized carbons (Fsp3) is 0.571. The van der Waals surface area contributed by atoms with E-state index >= 15 is 0 Å². The zero-order valence-corrected chi connectivity index (χ0v) is 11.5. The third kappa shape index (κ3) is 3.44. The first-order valence-electron chi connectivity index (χ1n) is 6.48. The van der Waals surface area contributed by atoms with Gasteiger partial charge in [-0.2, -0.15) is 0 Å². The SMILES string of the molecule is CC(N)C1CCN(Cc2cc(Cl)ccc2F)CC1. The van der Waals surface area contributed by atoms with Crippen LogP contribution in [-0.4, -0.2) is 24.0 Å². The average molecular weight is 271 g/mol. The van der Waals surface area contributed by atoms with Crippen molar-refractivity contribution in [3.05, 3.63) is 34.6 Å². The van der Waals surface area contributed by atoms with Crippen LogP contribution in [0.4, 0.5) is 4.39 Å². The highest BCUT2D eigenvalue weighted by Crippen LogP contribution is 2.22. The van der Waals surface area contributed by atoms with Crippen LogP contribution in [0.3, 0.4) is 0 Å². The van der Waals surface area contributed by atoms with E-state index in [0.717, 1.165) is 25.9 Å². The van der Waals surface area contributed by atoms with Crippen LogP contribution in [-0.2, 0) is 6.54 Å². The number of piperidine rings is 1. The fourth-order valence-corrected chi connectivity index (χ4v) is 2.74. The standard InChI is InChI=1S/C14H20ClFN2/c1-10(17)11-4-6-18(7-5-11)9-12-8-13(15)2-3-14(12)16/h2-3,8,10-11H,4-7,9,17H2,1H3. The van der Waals surface area contributed by atoms with Gasteiger partial charge in [0.1, 0.15) is 5.82 Å². The molecule has 1 aliphatic rings. The third-order valence-corrected chi connectivity index (χ3v) is 4.01. The summed E-state index contributed by atoms with van der Waals surface area (Å²) in [6, 6.07) is 5.00. The second kappa shape index (κ2) is 6.00. The summed E-state index contributed by atoms with van der Waals surface area (Å²) in [5.41, 5.74) is 6.60. The lowest BCUT2D eigenvalue weighted by molar-refractivity contribution is 0.164. The number of hydrogen-bond donors (Lipinski definition) is 1. The second-order valence-electron chi connectivity index (χ2n) is 5.21. The number of halogens is 2. The van der Waals surface area contributed by atoms with E-state index in [4.69, 9.17) is 17.3 Å². The molecular formula is C14H20ClFN2. The van der Waals surface area contributed by atoms with E-state index in [0.29, 0.717) is 23.0 Å². The number of rotatable bonds is 3. The lowest BCUT2D eigenvalue weighted by Gasteiger charge is -2.33. The highest BCUT2D eigenvalue weighted by atomic mass is 35.5. The van der Waals surface area contributed by atoms with Crippen molar-refractivity contribution in [2.75, 3.05) is 13.1 Å². The minimum absolute atomic E-state index is 0.172. The smallest absolute Gasteiger partial charge is 0.127 e. The van der Waals surface area contributed by atoms with Crippen LogP contribution in [0, 0.1) is 11.7 Å². The van der Waals surface area contributed by atoms with Crippen molar-refractivity contribution >= 4 is 11.6 Å². The van der Waals surface area contributed by atoms with Crippen molar-refractivity contribution in [1.82, 2.24) is 4.90 Å². The summed E-state index contributed by atoms with van der Waals surface area (Å²) in [4.78, 5) is 2.27. The summed E-state index contributed by atoms with van der Waals surface area (Å²) >= 11 is 5.90. The van der Waals surface area contributed by atoms with Crippen LogP contribution in [0.1, 0.15) is 25.3 Å². The highest BCUT2D eigenvalue weighted by Gasteiger charge is 2.22. The molecule has 0 spiro atoms. The van der Waals surface area contributed by atoms with E-state index in [1.807, 2.05) is 0 Å². The highest BCUT2D eigenvalue weighted by molar-refractivity contribution is 6.30. The Morgan fingerprint density at radius 3 is 2.72 bits per heavy atom. The van der Waals surface area contributed by atoms with E-state index in [2.05, 4.69) is 11.8 Å². The van der Waals surface area contributed by atoms with Gasteiger partial charge >= 0.3 is 0 Å². The van der Waals surface area contributed by atoms with Gasteiger partial charge in [0.05, 0.1) is 0 Å². The molecular weight excluding hydrogens is 251 g/mol. The second-order valence-corrected chi connectivity index (χ2v) is 5.64.